The SMILES string of the molecule is CCc1cc(C(=O)O)cc(NCc2cccc(CO)c2)n1. The third-order valence-corrected chi connectivity index (χ3v) is 3.14. The average Bonchev–Trinajstić information content (AvgIpc) is 2.52. The van der Waals surface area contributed by atoms with Gasteiger partial charge in [0, 0.05) is 12.2 Å². The fourth-order valence-corrected chi connectivity index (χ4v) is 2.01. The van der Waals surface area contributed by atoms with E-state index in [9.17, 15) is 4.79 Å². The summed E-state index contributed by atoms with van der Waals surface area (Å²) in [4.78, 5) is 15.5. The fraction of sp³-hybridized carbons (Fsp3) is 0.250. The molecule has 3 N–H and O–H groups in total. The fourth-order valence-electron chi connectivity index (χ4n) is 2.01. The molecule has 1 heterocycles. The summed E-state index contributed by atoms with van der Waals surface area (Å²) in [6.07, 6.45) is 0.676. The molecule has 0 aliphatic rings. The molecular formula is C16H18N2O3. The van der Waals surface area contributed by atoms with Crippen molar-refractivity contribution in [3.05, 3.63) is 58.8 Å². The van der Waals surface area contributed by atoms with E-state index in [0.717, 1.165) is 16.8 Å². The molecule has 0 unspecified atom stereocenters. The zero-order valence-electron chi connectivity index (χ0n) is 11.8. The van der Waals surface area contributed by atoms with Gasteiger partial charge in [-0.2, -0.15) is 0 Å². The molecule has 0 aliphatic heterocycles. The smallest absolute Gasteiger partial charge is 0.335 e. The Morgan fingerprint density at radius 1 is 1.24 bits per heavy atom. The van der Waals surface area contributed by atoms with Crippen molar-refractivity contribution >= 4 is 11.8 Å². The van der Waals surface area contributed by atoms with Crippen molar-refractivity contribution in [2.24, 2.45) is 0 Å². The molecule has 0 atom stereocenters. The van der Waals surface area contributed by atoms with Crippen LogP contribution in [0.2, 0.25) is 0 Å². The normalized spacial score (nSPS) is 10.4. The number of benzene rings is 1. The summed E-state index contributed by atoms with van der Waals surface area (Å²) < 4.78 is 0. The summed E-state index contributed by atoms with van der Waals surface area (Å²) in [5.41, 5.74) is 2.81. The molecule has 0 aliphatic carbocycles. The lowest BCUT2D eigenvalue weighted by atomic mass is 10.1. The van der Waals surface area contributed by atoms with Gasteiger partial charge >= 0.3 is 5.97 Å². The lowest BCUT2D eigenvalue weighted by Crippen LogP contribution is -2.06. The van der Waals surface area contributed by atoms with Crippen molar-refractivity contribution < 1.29 is 15.0 Å². The summed E-state index contributed by atoms with van der Waals surface area (Å²) >= 11 is 0. The second kappa shape index (κ2) is 6.85. The van der Waals surface area contributed by atoms with E-state index < -0.39 is 5.97 Å². The summed E-state index contributed by atoms with van der Waals surface area (Å²) in [7, 11) is 0. The Balaban J connectivity index is 2.15. The molecule has 0 saturated heterocycles. The van der Waals surface area contributed by atoms with Gasteiger partial charge in [0.25, 0.3) is 0 Å². The molecule has 2 aromatic rings. The highest BCUT2D eigenvalue weighted by molar-refractivity contribution is 5.88. The quantitative estimate of drug-likeness (QED) is 0.759. The van der Waals surface area contributed by atoms with E-state index in [-0.39, 0.29) is 12.2 Å². The van der Waals surface area contributed by atoms with Crippen molar-refractivity contribution in [1.82, 2.24) is 4.98 Å². The van der Waals surface area contributed by atoms with Gasteiger partial charge in [0.1, 0.15) is 5.82 Å². The molecule has 0 amide bonds. The van der Waals surface area contributed by atoms with Crippen LogP contribution in [0.4, 0.5) is 5.82 Å². The molecule has 1 aromatic carbocycles. The largest absolute Gasteiger partial charge is 0.478 e. The second-order valence-corrected chi connectivity index (χ2v) is 4.72. The van der Waals surface area contributed by atoms with E-state index >= 15 is 0 Å². The van der Waals surface area contributed by atoms with Gasteiger partial charge in [-0.1, -0.05) is 31.2 Å². The number of aliphatic hydroxyl groups is 1. The first-order valence-corrected chi connectivity index (χ1v) is 6.79. The van der Waals surface area contributed by atoms with Crippen LogP contribution in [0.25, 0.3) is 0 Å². The number of anilines is 1. The Hall–Kier alpha value is -2.40. The number of aliphatic hydroxyl groups excluding tert-OH is 1. The number of nitrogens with one attached hydrogen (secondary N) is 1. The van der Waals surface area contributed by atoms with Crippen LogP contribution in [-0.2, 0) is 19.6 Å². The van der Waals surface area contributed by atoms with Crippen molar-refractivity contribution in [3.8, 4) is 0 Å². The first kappa shape index (κ1) is 15.0. The van der Waals surface area contributed by atoms with Gasteiger partial charge in [0.15, 0.2) is 0 Å². The molecule has 5 heteroatoms. The number of hydrogen-bond acceptors (Lipinski definition) is 4. The Morgan fingerprint density at radius 3 is 2.67 bits per heavy atom. The van der Waals surface area contributed by atoms with E-state index in [0.29, 0.717) is 18.8 Å². The zero-order valence-corrected chi connectivity index (χ0v) is 11.8. The van der Waals surface area contributed by atoms with E-state index in [1.807, 2.05) is 31.2 Å². The lowest BCUT2D eigenvalue weighted by Gasteiger charge is -2.09. The monoisotopic (exact) mass is 286 g/mol. The van der Waals surface area contributed by atoms with Crippen LogP contribution in [0.3, 0.4) is 0 Å². The second-order valence-electron chi connectivity index (χ2n) is 4.72. The third-order valence-electron chi connectivity index (χ3n) is 3.14. The minimum atomic E-state index is -0.961. The molecule has 0 saturated carbocycles. The van der Waals surface area contributed by atoms with E-state index in [4.69, 9.17) is 10.2 Å². The summed E-state index contributed by atoms with van der Waals surface area (Å²) in [5, 5.41) is 21.3. The maximum Gasteiger partial charge on any atom is 0.335 e. The van der Waals surface area contributed by atoms with Crippen LogP contribution < -0.4 is 5.32 Å². The van der Waals surface area contributed by atoms with Crippen LogP contribution in [-0.4, -0.2) is 21.2 Å². The van der Waals surface area contributed by atoms with Gasteiger partial charge in [-0.3, -0.25) is 0 Å². The number of pyridine rings is 1. The zero-order chi connectivity index (χ0) is 15.2. The number of nitrogens with zero attached hydrogens (tertiary/aromatic N) is 1. The van der Waals surface area contributed by atoms with Gasteiger partial charge in [-0.15, -0.1) is 0 Å². The van der Waals surface area contributed by atoms with E-state index in [2.05, 4.69) is 10.3 Å². The standard InChI is InChI=1S/C16H18N2O3/c1-2-14-7-13(16(20)21)8-15(18-14)17-9-11-4-3-5-12(6-11)10-19/h3-8,19H,2,9-10H2,1H3,(H,17,18)(H,20,21). The topological polar surface area (TPSA) is 82.5 Å². The highest BCUT2D eigenvalue weighted by Crippen LogP contribution is 2.13. The number of aromatic nitrogens is 1. The van der Waals surface area contributed by atoms with Crippen LogP contribution in [0.5, 0.6) is 0 Å². The maximum absolute atomic E-state index is 11.1. The van der Waals surface area contributed by atoms with Crippen molar-refractivity contribution in [2.75, 3.05) is 5.32 Å². The molecule has 0 fully saturated rings. The molecule has 110 valence electrons. The Morgan fingerprint density at radius 2 is 2.00 bits per heavy atom. The van der Waals surface area contributed by atoms with Gasteiger partial charge < -0.3 is 15.5 Å². The van der Waals surface area contributed by atoms with Crippen LogP contribution in [0.15, 0.2) is 36.4 Å². The minimum Gasteiger partial charge on any atom is -0.478 e. The number of rotatable bonds is 6. The average molecular weight is 286 g/mol. The molecule has 0 bridgehead atoms. The van der Waals surface area contributed by atoms with Gasteiger partial charge in [0.05, 0.1) is 12.2 Å². The van der Waals surface area contributed by atoms with Crippen molar-refractivity contribution in [2.45, 2.75) is 26.5 Å². The third kappa shape index (κ3) is 4.03. The van der Waals surface area contributed by atoms with Gasteiger partial charge in [-0.25, -0.2) is 9.78 Å². The molecule has 0 spiro atoms. The predicted octanol–water partition coefficient (Wildman–Crippen LogP) is 2.45. The Kier molecular flexibility index (Phi) is 4.90. The molecule has 0 radical (unpaired) electrons. The number of carbonyl (C=O) groups is 1. The van der Waals surface area contributed by atoms with Crippen molar-refractivity contribution in [1.29, 1.82) is 0 Å². The lowest BCUT2D eigenvalue weighted by molar-refractivity contribution is 0.0696. The number of aromatic carboxylic acids is 1. The highest BCUT2D eigenvalue weighted by atomic mass is 16.4. The molecule has 5 nitrogen and oxygen atoms in total. The van der Waals surface area contributed by atoms with Gasteiger partial charge in [0.2, 0.25) is 0 Å². The molecule has 2 rings (SSSR count). The van der Waals surface area contributed by atoms with Crippen molar-refractivity contribution in [3.63, 3.8) is 0 Å². The van der Waals surface area contributed by atoms with E-state index in [1.54, 1.807) is 6.07 Å². The Bertz CT molecular complexity index is 641. The number of aryl methyl sites for hydroxylation is 1. The summed E-state index contributed by atoms with van der Waals surface area (Å²) in [6, 6.07) is 10.7. The molecule has 1 aromatic heterocycles. The summed E-state index contributed by atoms with van der Waals surface area (Å²) in [5.74, 6) is -0.418. The van der Waals surface area contributed by atoms with Gasteiger partial charge in [-0.05, 0) is 29.7 Å². The molecule has 21 heavy (non-hydrogen) atoms. The minimum absolute atomic E-state index is 0.000568. The van der Waals surface area contributed by atoms with Crippen LogP contribution in [0, 0.1) is 0 Å². The number of carboxylic acid groups (broad SMARTS) is 1. The van der Waals surface area contributed by atoms with Crippen LogP contribution >= 0.6 is 0 Å². The maximum atomic E-state index is 11.1. The number of carboxylic acids is 1. The summed E-state index contributed by atoms with van der Waals surface area (Å²) in [6.45, 7) is 2.45. The van der Waals surface area contributed by atoms with Crippen LogP contribution in [0.1, 0.15) is 34.1 Å². The predicted molar refractivity (Wildman–Crippen MR) is 80.3 cm³/mol. The first-order chi connectivity index (χ1) is 10.1. The molecular weight excluding hydrogens is 268 g/mol. The van der Waals surface area contributed by atoms with E-state index in [1.165, 1.54) is 6.07 Å². The first-order valence-electron chi connectivity index (χ1n) is 6.79. The highest BCUT2D eigenvalue weighted by Gasteiger charge is 2.07. The Labute approximate surface area is 123 Å². The number of hydrogen-bond donors (Lipinski definition) is 3.